The molecule has 1 fully saturated rings. The lowest BCUT2D eigenvalue weighted by molar-refractivity contribution is -0.122. The predicted molar refractivity (Wildman–Crippen MR) is 106 cm³/mol. The second kappa shape index (κ2) is 6.91. The van der Waals surface area contributed by atoms with Crippen molar-refractivity contribution in [1.29, 1.82) is 0 Å². The van der Waals surface area contributed by atoms with E-state index in [1.54, 1.807) is 24.3 Å². The molecule has 26 heavy (non-hydrogen) atoms. The number of hydrogen-bond acceptors (Lipinski definition) is 4. The second-order valence-electron chi connectivity index (χ2n) is 5.89. The lowest BCUT2D eigenvalue weighted by Gasteiger charge is -2.28. The van der Waals surface area contributed by atoms with Crippen molar-refractivity contribution in [1.82, 2.24) is 5.32 Å². The Labute approximate surface area is 163 Å². The maximum atomic E-state index is 12.9. The van der Waals surface area contributed by atoms with Gasteiger partial charge in [0.25, 0.3) is 11.8 Å². The lowest BCUT2D eigenvalue weighted by Crippen LogP contribution is -2.54. The molecule has 6 nitrogen and oxygen atoms in total. The molecule has 0 aromatic heterocycles. The number of urea groups is 1. The van der Waals surface area contributed by atoms with Gasteiger partial charge in [-0.1, -0.05) is 18.2 Å². The van der Waals surface area contributed by atoms with Crippen LogP contribution >= 0.6 is 22.6 Å². The zero-order chi connectivity index (χ0) is 19.0. The van der Waals surface area contributed by atoms with Crippen LogP contribution in [0.1, 0.15) is 16.7 Å². The number of amides is 4. The minimum Gasteiger partial charge on any atom is -0.507 e. The standard InChI is InChI=1S/C19H15IN2O4/c1-10-4-3-5-15(11(10)2)22-18(25)13(17(24)21-19(22)26)8-12-6-7-16(23)14(20)9-12/h3-9,23H,1-2H3,(H,21,24,26). The highest BCUT2D eigenvalue weighted by molar-refractivity contribution is 14.1. The number of carbonyl (C=O) groups is 3. The van der Waals surface area contributed by atoms with Crippen LogP contribution in [0.2, 0.25) is 0 Å². The molecule has 2 aromatic carbocycles. The highest BCUT2D eigenvalue weighted by Crippen LogP contribution is 2.27. The van der Waals surface area contributed by atoms with E-state index in [0.29, 0.717) is 14.8 Å². The number of rotatable bonds is 2. The van der Waals surface area contributed by atoms with Gasteiger partial charge < -0.3 is 5.11 Å². The minimum absolute atomic E-state index is 0.111. The third-order valence-electron chi connectivity index (χ3n) is 4.20. The molecule has 7 heteroatoms. The number of hydrogen-bond donors (Lipinski definition) is 2. The van der Waals surface area contributed by atoms with Crippen LogP contribution in [-0.2, 0) is 9.59 Å². The highest BCUT2D eigenvalue weighted by Gasteiger charge is 2.37. The van der Waals surface area contributed by atoms with Crippen LogP contribution < -0.4 is 10.2 Å². The molecule has 0 spiro atoms. The summed E-state index contributed by atoms with van der Waals surface area (Å²) in [6.07, 6.45) is 1.41. The van der Waals surface area contributed by atoms with E-state index >= 15 is 0 Å². The smallest absolute Gasteiger partial charge is 0.335 e. The second-order valence-corrected chi connectivity index (χ2v) is 7.05. The number of imide groups is 2. The Morgan fingerprint density at radius 1 is 1.12 bits per heavy atom. The molecule has 3 rings (SSSR count). The van der Waals surface area contributed by atoms with Crippen molar-refractivity contribution in [2.24, 2.45) is 0 Å². The third kappa shape index (κ3) is 3.22. The van der Waals surface area contributed by atoms with E-state index in [1.807, 2.05) is 42.5 Å². The van der Waals surface area contributed by atoms with Gasteiger partial charge in [-0.3, -0.25) is 14.9 Å². The summed E-state index contributed by atoms with van der Waals surface area (Å²) in [6, 6.07) is 9.23. The number of phenols is 1. The molecule has 4 amide bonds. The molecule has 1 saturated heterocycles. The van der Waals surface area contributed by atoms with Crippen LogP contribution in [0.4, 0.5) is 10.5 Å². The summed E-state index contributed by atoms with van der Waals surface area (Å²) < 4.78 is 0.586. The molecule has 0 atom stereocenters. The van der Waals surface area contributed by atoms with Crippen LogP contribution in [0.3, 0.4) is 0 Å². The van der Waals surface area contributed by atoms with E-state index in [1.165, 1.54) is 12.1 Å². The van der Waals surface area contributed by atoms with Crippen molar-refractivity contribution < 1.29 is 19.5 Å². The fourth-order valence-electron chi connectivity index (χ4n) is 2.63. The van der Waals surface area contributed by atoms with Gasteiger partial charge in [0.15, 0.2) is 0 Å². The van der Waals surface area contributed by atoms with Crippen LogP contribution in [0, 0.1) is 17.4 Å². The molecular formula is C19H15IN2O4. The summed E-state index contributed by atoms with van der Waals surface area (Å²) >= 11 is 1.95. The number of carbonyl (C=O) groups excluding carboxylic acids is 3. The highest BCUT2D eigenvalue weighted by atomic mass is 127. The molecule has 132 valence electrons. The number of benzene rings is 2. The molecule has 0 bridgehead atoms. The molecule has 1 aliphatic rings. The average Bonchev–Trinajstić information content (AvgIpc) is 2.58. The molecule has 0 aliphatic carbocycles. The van der Waals surface area contributed by atoms with Gasteiger partial charge in [0, 0.05) is 0 Å². The number of barbiturate groups is 1. The average molecular weight is 462 g/mol. The summed E-state index contributed by atoms with van der Waals surface area (Å²) in [4.78, 5) is 38.4. The number of nitrogens with one attached hydrogen (secondary N) is 1. The van der Waals surface area contributed by atoms with Crippen molar-refractivity contribution >= 4 is 52.2 Å². The first-order chi connectivity index (χ1) is 12.3. The normalized spacial score (nSPS) is 16.2. The number of halogens is 1. The first-order valence-electron chi connectivity index (χ1n) is 7.76. The van der Waals surface area contributed by atoms with Crippen LogP contribution in [-0.4, -0.2) is 23.0 Å². The van der Waals surface area contributed by atoms with E-state index in [0.717, 1.165) is 16.0 Å². The Morgan fingerprint density at radius 3 is 2.54 bits per heavy atom. The maximum absolute atomic E-state index is 12.9. The fourth-order valence-corrected chi connectivity index (χ4v) is 3.17. The topological polar surface area (TPSA) is 86.7 Å². The summed E-state index contributed by atoms with van der Waals surface area (Å²) in [5, 5.41) is 11.8. The van der Waals surface area contributed by atoms with Gasteiger partial charge in [-0.2, -0.15) is 0 Å². The first kappa shape index (κ1) is 18.1. The lowest BCUT2D eigenvalue weighted by atomic mass is 10.0. The van der Waals surface area contributed by atoms with Crippen molar-refractivity contribution in [3.8, 4) is 5.75 Å². The Kier molecular flexibility index (Phi) is 4.82. The number of anilines is 1. The van der Waals surface area contributed by atoms with Crippen LogP contribution in [0.15, 0.2) is 42.0 Å². The predicted octanol–water partition coefficient (Wildman–Crippen LogP) is 3.28. The summed E-state index contributed by atoms with van der Waals surface area (Å²) in [7, 11) is 0. The monoisotopic (exact) mass is 462 g/mol. The van der Waals surface area contributed by atoms with Crippen molar-refractivity contribution in [3.05, 3.63) is 62.2 Å². The molecule has 2 aromatic rings. The number of aromatic hydroxyl groups is 1. The van der Waals surface area contributed by atoms with Gasteiger partial charge in [0.05, 0.1) is 9.26 Å². The fraction of sp³-hybridized carbons (Fsp3) is 0.105. The van der Waals surface area contributed by atoms with Gasteiger partial charge in [0.2, 0.25) is 0 Å². The summed E-state index contributed by atoms with van der Waals surface area (Å²) in [6.45, 7) is 3.69. The van der Waals surface area contributed by atoms with E-state index in [4.69, 9.17) is 0 Å². The number of aryl methyl sites for hydroxylation is 1. The Hall–Kier alpha value is -2.68. The molecule has 0 unspecified atom stereocenters. The van der Waals surface area contributed by atoms with Crippen LogP contribution in [0.25, 0.3) is 6.08 Å². The molecule has 0 radical (unpaired) electrons. The Bertz CT molecular complexity index is 981. The molecule has 0 saturated carbocycles. The third-order valence-corrected chi connectivity index (χ3v) is 5.07. The summed E-state index contributed by atoms with van der Waals surface area (Å²) in [5.74, 6) is -1.32. The zero-order valence-corrected chi connectivity index (χ0v) is 16.2. The van der Waals surface area contributed by atoms with Gasteiger partial charge >= 0.3 is 6.03 Å². The first-order valence-corrected chi connectivity index (χ1v) is 8.83. The van der Waals surface area contributed by atoms with E-state index in [-0.39, 0.29) is 11.3 Å². The molecule has 1 heterocycles. The van der Waals surface area contributed by atoms with Gasteiger partial charge in [0.1, 0.15) is 11.3 Å². The number of nitrogens with zero attached hydrogens (tertiary/aromatic N) is 1. The van der Waals surface area contributed by atoms with E-state index in [9.17, 15) is 19.5 Å². The van der Waals surface area contributed by atoms with Crippen molar-refractivity contribution in [2.45, 2.75) is 13.8 Å². The largest absolute Gasteiger partial charge is 0.507 e. The van der Waals surface area contributed by atoms with Crippen LogP contribution in [0.5, 0.6) is 5.75 Å². The van der Waals surface area contributed by atoms with Gasteiger partial charge in [-0.25, -0.2) is 9.69 Å². The summed E-state index contributed by atoms with van der Waals surface area (Å²) in [5.41, 5.74) is 2.57. The number of phenolic OH excluding ortho intramolecular Hbond substituents is 1. The van der Waals surface area contributed by atoms with Crippen molar-refractivity contribution in [2.75, 3.05) is 4.90 Å². The molecule has 2 N–H and O–H groups in total. The zero-order valence-electron chi connectivity index (χ0n) is 14.0. The van der Waals surface area contributed by atoms with Gasteiger partial charge in [-0.15, -0.1) is 0 Å². The van der Waals surface area contributed by atoms with E-state index in [2.05, 4.69) is 5.32 Å². The quantitative estimate of drug-likeness (QED) is 0.408. The Balaban J connectivity index is 2.07. The van der Waals surface area contributed by atoms with Gasteiger partial charge in [-0.05, 0) is 77.4 Å². The molecular weight excluding hydrogens is 447 g/mol. The molecule has 1 aliphatic heterocycles. The van der Waals surface area contributed by atoms with E-state index < -0.39 is 17.8 Å². The Morgan fingerprint density at radius 2 is 1.85 bits per heavy atom. The maximum Gasteiger partial charge on any atom is 0.335 e. The minimum atomic E-state index is -0.772. The van der Waals surface area contributed by atoms with Crippen molar-refractivity contribution in [3.63, 3.8) is 0 Å². The SMILES string of the molecule is Cc1cccc(N2C(=O)NC(=O)C(=Cc3ccc(O)c(I)c3)C2=O)c1C.